The maximum Gasteiger partial charge on any atom is 0.305 e. The van der Waals surface area contributed by atoms with Gasteiger partial charge in [0.05, 0.1) is 14.1 Å². The largest absolute Gasteiger partial charge is 1.00 e. The van der Waals surface area contributed by atoms with Gasteiger partial charge in [-0.15, -0.1) is 0 Å². The van der Waals surface area contributed by atoms with E-state index in [0.717, 1.165) is 38.8 Å². The number of esters is 2. The number of unbranched alkanes of at least 4 members (excludes halogenated alkanes) is 20. The van der Waals surface area contributed by atoms with Crippen molar-refractivity contribution in [3.05, 3.63) is 0 Å². The van der Waals surface area contributed by atoms with Gasteiger partial charge in [-0.05, 0) is 12.8 Å². The second-order valence-corrected chi connectivity index (χ2v) is 12.4. The Kier molecular flexibility index (Phi) is 32.5. The molecule has 0 saturated heterocycles. The molecule has 0 saturated carbocycles. The van der Waals surface area contributed by atoms with Crippen molar-refractivity contribution in [3.63, 3.8) is 0 Å². The number of nitrogens with zero attached hydrogens (tertiary/aromatic N) is 1. The first-order chi connectivity index (χ1) is 18.9. The average Bonchev–Trinajstić information content (AvgIpc) is 2.90. The van der Waals surface area contributed by atoms with Crippen molar-refractivity contribution in [3.8, 4) is 0 Å². The van der Waals surface area contributed by atoms with Crippen molar-refractivity contribution >= 4 is 11.9 Å². The van der Waals surface area contributed by atoms with Crippen LogP contribution in [0.5, 0.6) is 0 Å². The summed E-state index contributed by atoms with van der Waals surface area (Å²) in [6, 6.07) is 0. The first-order valence-corrected chi connectivity index (χ1v) is 17.0. The zero-order valence-electron chi connectivity index (χ0n) is 27.3. The van der Waals surface area contributed by atoms with E-state index >= 15 is 0 Å². The number of carbonyl (C=O) groups is 2. The van der Waals surface area contributed by atoms with Gasteiger partial charge in [-0.2, -0.15) is 0 Å². The van der Waals surface area contributed by atoms with Crippen LogP contribution < -0.4 is 17.0 Å². The van der Waals surface area contributed by atoms with Gasteiger partial charge in [0, 0.05) is 12.8 Å². The molecule has 0 aliphatic rings. The number of rotatable bonds is 30. The molecule has 0 aliphatic carbocycles. The zero-order chi connectivity index (χ0) is 28.9. The maximum atomic E-state index is 12.0. The fraction of sp³-hybridized carbons (Fsp3) is 0.941. The van der Waals surface area contributed by atoms with Gasteiger partial charge in [0.25, 0.3) is 0 Å². The predicted molar refractivity (Wildman–Crippen MR) is 166 cm³/mol. The van der Waals surface area contributed by atoms with Crippen LogP contribution in [0.3, 0.4) is 0 Å². The van der Waals surface area contributed by atoms with Crippen LogP contribution in [-0.4, -0.2) is 56.8 Å². The quantitative estimate of drug-likeness (QED) is 0.0511. The molecule has 0 aromatic rings. The van der Waals surface area contributed by atoms with Crippen molar-refractivity contribution in [2.75, 3.05) is 40.4 Å². The molecule has 5 nitrogen and oxygen atoms in total. The number of hydrogen-bond acceptors (Lipinski definition) is 4. The molecule has 0 unspecified atom stereocenters. The second-order valence-electron chi connectivity index (χ2n) is 12.4. The van der Waals surface area contributed by atoms with Gasteiger partial charge >= 0.3 is 11.9 Å². The molecule has 0 atom stereocenters. The molecule has 0 heterocycles. The third-order valence-corrected chi connectivity index (χ3v) is 7.89. The van der Waals surface area contributed by atoms with Crippen molar-refractivity contribution in [2.24, 2.45) is 0 Å². The van der Waals surface area contributed by atoms with E-state index in [2.05, 4.69) is 27.9 Å². The van der Waals surface area contributed by atoms with Gasteiger partial charge in [0.2, 0.25) is 0 Å². The summed E-state index contributed by atoms with van der Waals surface area (Å²) in [6.45, 7) is 6.85. The average molecular weight is 635 g/mol. The van der Waals surface area contributed by atoms with Gasteiger partial charge in [0.15, 0.2) is 0 Å². The molecule has 0 aromatic heterocycles. The van der Waals surface area contributed by atoms with Crippen molar-refractivity contribution in [1.29, 1.82) is 0 Å². The SMILES string of the molecule is CCCCCCCCCCCCCC(=O)OCC[N+](C)(C)CCOC(=O)CCCCCCCCCCCCC.[Br-]. The molecule has 0 spiro atoms. The Balaban J connectivity index is 0. The number of quaternary nitrogens is 1. The fourth-order valence-corrected chi connectivity index (χ4v) is 4.94. The highest BCUT2D eigenvalue weighted by Crippen LogP contribution is 2.13. The highest BCUT2D eigenvalue weighted by Gasteiger charge is 2.17. The summed E-state index contributed by atoms with van der Waals surface area (Å²) in [6.07, 6.45) is 29.3. The Bertz CT molecular complexity index is 510. The summed E-state index contributed by atoms with van der Waals surface area (Å²) < 4.78 is 11.6. The minimum absolute atomic E-state index is 0. The Morgan fingerprint density at radius 3 is 0.975 bits per heavy atom. The number of carbonyl (C=O) groups excluding carboxylic acids is 2. The molecule has 0 radical (unpaired) electrons. The molecule has 0 bridgehead atoms. The predicted octanol–water partition coefficient (Wildman–Crippen LogP) is 6.56. The van der Waals surface area contributed by atoms with Gasteiger partial charge in [-0.1, -0.05) is 142 Å². The minimum atomic E-state index is -0.0793. The van der Waals surface area contributed by atoms with Crippen LogP contribution >= 0.6 is 0 Å². The molecule has 0 amide bonds. The van der Waals surface area contributed by atoms with E-state index in [9.17, 15) is 9.59 Å². The van der Waals surface area contributed by atoms with Crippen molar-refractivity contribution < 1.29 is 40.5 Å². The fourth-order valence-electron chi connectivity index (χ4n) is 4.94. The summed E-state index contributed by atoms with van der Waals surface area (Å²) in [7, 11) is 4.19. The Morgan fingerprint density at radius 2 is 0.700 bits per heavy atom. The van der Waals surface area contributed by atoms with Crippen molar-refractivity contribution in [2.45, 2.75) is 168 Å². The van der Waals surface area contributed by atoms with E-state index in [1.165, 1.54) is 116 Å². The number of halogens is 1. The van der Waals surface area contributed by atoms with E-state index < -0.39 is 0 Å². The van der Waals surface area contributed by atoms with Crippen LogP contribution in [0.2, 0.25) is 0 Å². The van der Waals surface area contributed by atoms with E-state index in [-0.39, 0.29) is 28.9 Å². The lowest BCUT2D eigenvalue weighted by atomic mass is 10.1. The van der Waals surface area contributed by atoms with E-state index in [1.807, 2.05) is 0 Å². The van der Waals surface area contributed by atoms with Gasteiger partial charge in [-0.3, -0.25) is 9.59 Å². The van der Waals surface area contributed by atoms with Crippen LogP contribution in [0.15, 0.2) is 0 Å². The first kappa shape index (κ1) is 41.5. The standard InChI is InChI=1S/C34H68NO4.BrH/c1-5-7-9-11-13-15-17-19-21-23-25-27-33(36)38-31-29-35(3,4)30-32-39-34(37)28-26-24-22-20-18-16-14-12-10-8-6-2;/h5-32H2,1-4H3;1H/q+1;/p-1. The van der Waals surface area contributed by atoms with E-state index in [0.29, 0.717) is 30.5 Å². The molecular weight excluding hydrogens is 566 g/mol. The van der Waals surface area contributed by atoms with Crippen LogP contribution in [-0.2, 0) is 19.1 Å². The summed E-state index contributed by atoms with van der Waals surface area (Å²) in [5.41, 5.74) is 0. The Hall–Kier alpha value is -0.620. The topological polar surface area (TPSA) is 52.6 Å². The molecule has 240 valence electrons. The Morgan fingerprint density at radius 1 is 0.450 bits per heavy atom. The molecular formula is C34H68BrNO4. The van der Waals surface area contributed by atoms with Crippen LogP contribution in [0.1, 0.15) is 168 Å². The second kappa shape index (κ2) is 31.3. The molecule has 40 heavy (non-hydrogen) atoms. The molecule has 0 fully saturated rings. The van der Waals surface area contributed by atoms with Crippen LogP contribution in [0.25, 0.3) is 0 Å². The molecule has 0 N–H and O–H groups in total. The number of hydrogen-bond donors (Lipinski definition) is 0. The zero-order valence-corrected chi connectivity index (χ0v) is 28.8. The molecule has 0 rings (SSSR count). The lowest BCUT2D eigenvalue weighted by Crippen LogP contribution is -3.00. The van der Waals surface area contributed by atoms with Crippen LogP contribution in [0, 0.1) is 0 Å². The van der Waals surface area contributed by atoms with Crippen LogP contribution in [0.4, 0.5) is 0 Å². The van der Waals surface area contributed by atoms with E-state index in [4.69, 9.17) is 9.47 Å². The summed E-state index contributed by atoms with van der Waals surface area (Å²) >= 11 is 0. The lowest BCUT2D eigenvalue weighted by Gasteiger charge is -2.29. The third-order valence-electron chi connectivity index (χ3n) is 7.89. The third kappa shape index (κ3) is 31.9. The lowest BCUT2D eigenvalue weighted by molar-refractivity contribution is -0.890. The first-order valence-electron chi connectivity index (χ1n) is 17.0. The van der Waals surface area contributed by atoms with E-state index in [1.54, 1.807) is 0 Å². The summed E-state index contributed by atoms with van der Waals surface area (Å²) in [5, 5.41) is 0. The number of likely N-dealkylation sites (N-methyl/N-ethyl adjacent to an activating group) is 1. The number of ether oxygens (including phenoxy) is 2. The summed E-state index contributed by atoms with van der Waals surface area (Å²) in [5.74, 6) is -0.159. The van der Waals surface area contributed by atoms with Gasteiger partial charge in [0.1, 0.15) is 26.3 Å². The molecule has 0 aromatic carbocycles. The smallest absolute Gasteiger partial charge is 0.305 e. The highest BCUT2D eigenvalue weighted by molar-refractivity contribution is 5.69. The van der Waals surface area contributed by atoms with Gasteiger partial charge in [-0.25, -0.2) is 0 Å². The maximum absolute atomic E-state index is 12.0. The normalized spacial score (nSPS) is 11.3. The molecule has 6 heteroatoms. The molecule has 0 aliphatic heterocycles. The summed E-state index contributed by atoms with van der Waals surface area (Å²) in [4.78, 5) is 24.1. The minimum Gasteiger partial charge on any atom is -1.00 e. The van der Waals surface area contributed by atoms with Crippen molar-refractivity contribution in [1.82, 2.24) is 0 Å². The highest BCUT2D eigenvalue weighted by atomic mass is 79.9. The van der Waals surface area contributed by atoms with Gasteiger partial charge < -0.3 is 30.9 Å². The Labute approximate surface area is 260 Å². The monoisotopic (exact) mass is 633 g/mol.